The van der Waals surface area contributed by atoms with Crippen LogP contribution in [0.25, 0.3) is 0 Å². The van der Waals surface area contributed by atoms with E-state index in [1.165, 1.54) is 12.8 Å². The fourth-order valence-electron chi connectivity index (χ4n) is 3.47. The van der Waals surface area contributed by atoms with Gasteiger partial charge in [-0.25, -0.2) is 0 Å². The molecule has 7 nitrogen and oxygen atoms in total. The summed E-state index contributed by atoms with van der Waals surface area (Å²) in [6.45, 7) is 8.86. The number of aliphatic imine (C=N–C) groups is 1. The van der Waals surface area contributed by atoms with Gasteiger partial charge < -0.3 is 25.0 Å². The predicted octanol–water partition coefficient (Wildman–Crippen LogP) is 3.66. The van der Waals surface area contributed by atoms with E-state index in [0.717, 1.165) is 75.4 Å². The van der Waals surface area contributed by atoms with E-state index in [-0.39, 0.29) is 12.0 Å². The zero-order valence-corrected chi connectivity index (χ0v) is 19.1. The second-order valence-corrected chi connectivity index (χ2v) is 8.68. The molecule has 1 aliphatic heterocycles. The molecule has 0 unspecified atom stereocenters. The van der Waals surface area contributed by atoms with E-state index < -0.39 is 0 Å². The molecule has 172 valence electrons. The van der Waals surface area contributed by atoms with Gasteiger partial charge in [0.2, 0.25) is 5.91 Å². The maximum absolute atomic E-state index is 11.8. The Morgan fingerprint density at radius 1 is 1.23 bits per heavy atom. The third-order valence-corrected chi connectivity index (χ3v) is 5.32. The van der Waals surface area contributed by atoms with Crippen LogP contribution < -0.4 is 15.4 Å². The normalized spacial score (nSPS) is 16.8. The number of hydrogen-bond donors (Lipinski definition) is 2. The van der Waals surface area contributed by atoms with Crippen LogP contribution in [0.5, 0.6) is 5.75 Å². The Balaban J connectivity index is 1.45. The van der Waals surface area contributed by atoms with E-state index >= 15 is 0 Å². The van der Waals surface area contributed by atoms with Crippen molar-refractivity contribution in [1.29, 1.82) is 0 Å². The fourth-order valence-corrected chi connectivity index (χ4v) is 3.47. The van der Waals surface area contributed by atoms with Crippen LogP contribution >= 0.6 is 0 Å². The lowest BCUT2D eigenvalue weighted by Gasteiger charge is -2.16. The van der Waals surface area contributed by atoms with Crippen LogP contribution in [0.4, 0.5) is 5.69 Å². The van der Waals surface area contributed by atoms with Gasteiger partial charge in [-0.3, -0.25) is 9.79 Å². The Kier molecular flexibility index (Phi) is 9.46. The van der Waals surface area contributed by atoms with Crippen molar-refractivity contribution in [2.75, 3.05) is 44.7 Å². The molecule has 2 aliphatic rings. The van der Waals surface area contributed by atoms with Crippen molar-refractivity contribution in [2.45, 2.75) is 58.5 Å². The number of carbonyl (C=O) groups is 1. The zero-order valence-electron chi connectivity index (χ0n) is 19.1. The highest BCUT2D eigenvalue weighted by Crippen LogP contribution is 2.28. The number of amides is 1. The number of hydrogen-bond acceptors (Lipinski definition) is 4. The fraction of sp³-hybridized carbons (Fsp3) is 0.667. The van der Waals surface area contributed by atoms with Gasteiger partial charge in [0, 0.05) is 51.5 Å². The third kappa shape index (κ3) is 9.17. The van der Waals surface area contributed by atoms with Crippen LogP contribution in [0.2, 0.25) is 0 Å². The van der Waals surface area contributed by atoms with Gasteiger partial charge in [-0.2, -0.15) is 0 Å². The van der Waals surface area contributed by atoms with Crippen molar-refractivity contribution in [2.24, 2.45) is 10.9 Å². The van der Waals surface area contributed by atoms with Gasteiger partial charge in [-0.15, -0.1) is 0 Å². The summed E-state index contributed by atoms with van der Waals surface area (Å²) in [5, 5.41) is 6.78. The molecule has 0 bridgehead atoms. The topological polar surface area (TPSA) is 75.2 Å². The smallest absolute Gasteiger partial charge is 0.222 e. The number of carbonyl (C=O) groups excluding carboxylic acids is 1. The number of ether oxygens (including phenoxy) is 2. The molecule has 0 atom stereocenters. The molecule has 0 spiro atoms. The third-order valence-electron chi connectivity index (χ3n) is 5.32. The number of nitrogens with zero attached hydrogens (tertiary/aromatic N) is 2. The van der Waals surface area contributed by atoms with Gasteiger partial charge in [0.15, 0.2) is 5.96 Å². The van der Waals surface area contributed by atoms with E-state index in [4.69, 9.17) is 14.5 Å². The standard InChI is InChI=1S/C24H38N4O3/c1-19(2)31-22-11-9-21(10-12-22)27-24(26-14-5-17-30-18-20-7-8-20)25-13-4-16-28-15-3-6-23(28)29/h9-12,19-20H,3-8,13-18H2,1-2H3,(H2,25,26,27). The average Bonchev–Trinajstić information content (AvgIpc) is 3.48. The Bertz CT molecular complexity index is 701. The highest BCUT2D eigenvalue weighted by molar-refractivity contribution is 5.93. The summed E-state index contributed by atoms with van der Waals surface area (Å²) in [6, 6.07) is 7.92. The van der Waals surface area contributed by atoms with Crippen LogP contribution in [0.15, 0.2) is 29.3 Å². The molecule has 1 amide bonds. The largest absolute Gasteiger partial charge is 0.491 e. The SMILES string of the molecule is CC(C)Oc1ccc(NC(=NCCCN2CCCC2=O)NCCCOCC2CC2)cc1. The summed E-state index contributed by atoms with van der Waals surface area (Å²) in [5.41, 5.74) is 0.960. The van der Waals surface area contributed by atoms with Crippen molar-refractivity contribution < 1.29 is 14.3 Å². The zero-order chi connectivity index (χ0) is 21.9. The van der Waals surface area contributed by atoms with Crippen LogP contribution in [0.3, 0.4) is 0 Å². The van der Waals surface area contributed by atoms with Gasteiger partial charge in [-0.1, -0.05) is 0 Å². The summed E-state index contributed by atoms with van der Waals surface area (Å²) in [5.74, 6) is 2.69. The second-order valence-electron chi connectivity index (χ2n) is 8.68. The van der Waals surface area contributed by atoms with Crippen molar-refractivity contribution in [3.63, 3.8) is 0 Å². The summed E-state index contributed by atoms with van der Waals surface area (Å²) in [7, 11) is 0. The molecule has 31 heavy (non-hydrogen) atoms. The first-order valence-electron chi connectivity index (χ1n) is 11.8. The van der Waals surface area contributed by atoms with E-state index in [9.17, 15) is 4.79 Å². The van der Waals surface area contributed by atoms with Crippen LogP contribution in [0.1, 0.15) is 52.4 Å². The molecule has 1 heterocycles. The molecular formula is C24H38N4O3. The molecule has 7 heteroatoms. The lowest BCUT2D eigenvalue weighted by Crippen LogP contribution is -2.32. The van der Waals surface area contributed by atoms with Crippen LogP contribution in [-0.4, -0.2) is 62.3 Å². The summed E-state index contributed by atoms with van der Waals surface area (Å²) >= 11 is 0. The van der Waals surface area contributed by atoms with Crippen LogP contribution in [0, 0.1) is 5.92 Å². The van der Waals surface area contributed by atoms with E-state index in [1.54, 1.807) is 0 Å². The molecule has 1 aromatic rings. The second kappa shape index (κ2) is 12.5. The summed E-state index contributed by atoms with van der Waals surface area (Å²) < 4.78 is 11.4. The lowest BCUT2D eigenvalue weighted by molar-refractivity contribution is -0.127. The van der Waals surface area contributed by atoms with Gasteiger partial charge >= 0.3 is 0 Å². The number of guanidine groups is 1. The molecule has 0 radical (unpaired) electrons. The first-order valence-corrected chi connectivity index (χ1v) is 11.8. The molecule has 1 aromatic carbocycles. The molecule has 2 N–H and O–H groups in total. The minimum absolute atomic E-state index is 0.155. The Labute approximate surface area is 186 Å². The molecule has 2 fully saturated rings. The molecule has 1 saturated heterocycles. The maximum Gasteiger partial charge on any atom is 0.222 e. The first kappa shape index (κ1) is 23.4. The Morgan fingerprint density at radius 3 is 2.71 bits per heavy atom. The highest BCUT2D eigenvalue weighted by Gasteiger charge is 2.21. The number of rotatable bonds is 13. The van der Waals surface area contributed by atoms with E-state index in [2.05, 4.69) is 10.6 Å². The van der Waals surface area contributed by atoms with Crippen molar-refractivity contribution >= 4 is 17.6 Å². The molecule has 0 aromatic heterocycles. The van der Waals surface area contributed by atoms with Crippen LogP contribution in [-0.2, 0) is 9.53 Å². The molecule has 1 aliphatic carbocycles. The summed E-state index contributed by atoms with van der Waals surface area (Å²) in [4.78, 5) is 18.4. The molecular weight excluding hydrogens is 392 g/mol. The van der Waals surface area contributed by atoms with Gasteiger partial charge in [0.25, 0.3) is 0 Å². The number of likely N-dealkylation sites (tertiary alicyclic amines) is 1. The number of benzene rings is 1. The number of anilines is 1. The molecule has 1 saturated carbocycles. The minimum atomic E-state index is 0.155. The monoisotopic (exact) mass is 430 g/mol. The van der Waals surface area contributed by atoms with Gasteiger partial charge in [0.1, 0.15) is 5.75 Å². The van der Waals surface area contributed by atoms with Crippen molar-refractivity contribution in [1.82, 2.24) is 10.2 Å². The number of nitrogens with one attached hydrogen (secondary N) is 2. The Hall–Kier alpha value is -2.28. The van der Waals surface area contributed by atoms with E-state index in [1.807, 2.05) is 43.0 Å². The summed E-state index contributed by atoms with van der Waals surface area (Å²) in [6.07, 6.45) is 6.28. The average molecular weight is 431 g/mol. The molecule has 3 rings (SSSR count). The minimum Gasteiger partial charge on any atom is -0.491 e. The van der Waals surface area contributed by atoms with Crippen molar-refractivity contribution in [3.05, 3.63) is 24.3 Å². The Morgan fingerprint density at radius 2 is 2.03 bits per heavy atom. The quantitative estimate of drug-likeness (QED) is 0.284. The maximum atomic E-state index is 11.8. The highest BCUT2D eigenvalue weighted by atomic mass is 16.5. The first-order chi connectivity index (χ1) is 15.1. The van der Waals surface area contributed by atoms with E-state index in [0.29, 0.717) is 13.0 Å². The lowest BCUT2D eigenvalue weighted by atomic mass is 10.3. The van der Waals surface area contributed by atoms with Gasteiger partial charge in [0.05, 0.1) is 6.10 Å². The van der Waals surface area contributed by atoms with Gasteiger partial charge in [-0.05, 0) is 76.1 Å². The van der Waals surface area contributed by atoms with Crippen molar-refractivity contribution in [3.8, 4) is 5.75 Å². The predicted molar refractivity (Wildman–Crippen MR) is 125 cm³/mol.